The van der Waals surface area contributed by atoms with Crippen molar-refractivity contribution >= 4 is 11.7 Å². The van der Waals surface area contributed by atoms with Gasteiger partial charge in [0.1, 0.15) is 17.0 Å². The van der Waals surface area contributed by atoms with Crippen LogP contribution < -0.4 is 5.63 Å². The van der Waals surface area contributed by atoms with Crippen LogP contribution in [-0.2, 0) is 6.42 Å². The molecule has 2 aromatic heterocycles. The van der Waals surface area contributed by atoms with Crippen molar-refractivity contribution in [3.05, 3.63) is 63.5 Å². The minimum atomic E-state index is -0.591. The van der Waals surface area contributed by atoms with Crippen molar-refractivity contribution in [2.75, 3.05) is 13.1 Å². The summed E-state index contributed by atoms with van der Waals surface area (Å²) in [6, 6.07) is 7.02. The number of pyridine rings is 1. The van der Waals surface area contributed by atoms with Crippen molar-refractivity contribution < 1.29 is 14.0 Å². The minimum absolute atomic E-state index is 0.0594. The van der Waals surface area contributed by atoms with Crippen molar-refractivity contribution in [2.45, 2.75) is 46.5 Å². The van der Waals surface area contributed by atoms with E-state index in [-0.39, 0.29) is 23.2 Å². The van der Waals surface area contributed by atoms with E-state index < -0.39 is 5.63 Å². The van der Waals surface area contributed by atoms with Crippen LogP contribution in [0.1, 0.15) is 65.3 Å². The molecular formula is C23H28N2O4. The van der Waals surface area contributed by atoms with Gasteiger partial charge in [-0.25, -0.2) is 4.79 Å². The van der Waals surface area contributed by atoms with Crippen LogP contribution in [0.5, 0.6) is 0 Å². The summed E-state index contributed by atoms with van der Waals surface area (Å²) in [6.07, 6.45) is 4.60. The molecule has 1 unspecified atom stereocenters. The molecule has 0 aliphatic carbocycles. The fraction of sp³-hybridized carbons (Fsp3) is 0.478. The number of ketones is 1. The first-order chi connectivity index (χ1) is 13.9. The number of carbonyl (C=O) groups is 2. The Labute approximate surface area is 170 Å². The van der Waals surface area contributed by atoms with Gasteiger partial charge in [0.15, 0.2) is 5.78 Å². The Hall–Kier alpha value is -2.76. The Morgan fingerprint density at radius 1 is 1.31 bits per heavy atom. The van der Waals surface area contributed by atoms with Gasteiger partial charge in [-0.15, -0.1) is 0 Å². The molecule has 6 heteroatoms. The van der Waals surface area contributed by atoms with E-state index in [0.717, 1.165) is 6.42 Å². The molecule has 1 fully saturated rings. The number of amides is 1. The van der Waals surface area contributed by atoms with E-state index in [4.69, 9.17) is 4.42 Å². The lowest BCUT2D eigenvalue weighted by atomic mass is 9.91. The van der Waals surface area contributed by atoms with Crippen molar-refractivity contribution in [1.82, 2.24) is 9.88 Å². The van der Waals surface area contributed by atoms with Gasteiger partial charge < -0.3 is 9.32 Å². The average Bonchev–Trinajstić information content (AvgIpc) is 2.72. The summed E-state index contributed by atoms with van der Waals surface area (Å²) in [7, 11) is 0. The second-order valence-corrected chi connectivity index (χ2v) is 8.16. The Morgan fingerprint density at radius 2 is 2.10 bits per heavy atom. The van der Waals surface area contributed by atoms with E-state index in [1.165, 1.54) is 0 Å². The largest absolute Gasteiger partial charge is 0.427 e. The molecular weight excluding hydrogens is 368 g/mol. The first kappa shape index (κ1) is 21.0. The topological polar surface area (TPSA) is 80.5 Å². The normalized spacial score (nSPS) is 16.8. The molecule has 0 spiro atoms. The van der Waals surface area contributed by atoms with Crippen LogP contribution in [0, 0.1) is 18.8 Å². The fourth-order valence-corrected chi connectivity index (χ4v) is 3.74. The molecule has 1 aliphatic rings. The highest BCUT2D eigenvalue weighted by molar-refractivity contribution is 5.98. The first-order valence-corrected chi connectivity index (χ1v) is 10.2. The Morgan fingerprint density at radius 3 is 2.76 bits per heavy atom. The number of Topliss-reactive ketones (excluding diaryl/α,β-unsaturated/α-hetero) is 1. The zero-order valence-electron chi connectivity index (χ0n) is 17.3. The molecule has 6 nitrogen and oxygen atoms in total. The van der Waals surface area contributed by atoms with E-state index >= 15 is 0 Å². The number of carbonyl (C=O) groups excluding carboxylic acids is 2. The molecule has 0 N–H and O–H groups in total. The van der Waals surface area contributed by atoms with E-state index in [0.29, 0.717) is 55.3 Å². The highest BCUT2D eigenvalue weighted by atomic mass is 16.4. The summed E-state index contributed by atoms with van der Waals surface area (Å²) in [5, 5.41) is 0. The predicted octanol–water partition coefficient (Wildman–Crippen LogP) is 3.67. The highest BCUT2D eigenvalue weighted by Crippen LogP contribution is 2.22. The van der Waals surface area contributed by atoms with E-state index in [1.54, 1.807) is 42.3 Å². The molecule has 3 rings (SSSR count). The number of hydrogen-bond donors (Lipinski definition) is 0. The van der Waals surface area contributed by atoms with Crippen LogP contribution in [0.2, 0.25) is 0 Å². The molecule has 0 radical (unpaired) electrons. The van der Waals surface area contributed by atoms with Gasteiger partial charge in [0.2, 0.25) is 0 Å². The lowest BCUT2D eigenvalue weighted by Gasteiger charge is -2.32. The molecule has 2 aromatic rings. The number of aryl methyl sites for hydroxylation is 2. The summed E-state index contributed by atoms with van der Waals surface area (Å²) in [5.74, 6) is 0.393. The second-order valence-electron chi connectivity index (χ2n) is 8.16. The third kappa shape index (κ3) is 5.00. The third-order valence-corrected chi connectivity index (χ3v) is 5.38. The van der Waals surface area contributed by atoms with Crippen molar-refractivity contribution in [2.24, 2.45) is 11.8 Å². The smallest absolute Gasteiger partial charge is 0.349 e. The average molecular weight is 396 g/mol. The van der Waals surface area contributed by atoms with Crippen LogP contribution >= 0.6 is 0 Å². The number of likely N-dealkylation sites (tertiary alicyclic amines) is 1. The monoisotopic (exact) mass is 396 g/mol. The van der Waals surface area contributed by atoms with Gasteiger partial charge in [0.05, 0.1) is 0 Å². The molecule has 1 aliphatic heterocycles. The summed E-state index contributed by atoms with van der Waals surface area (Å²) in [5.41, 5.74) is 0.524. The summed E-state index contributed by atoms with van der Waals surface area (Å²) in [6.45, 7) is 6.81. The zero-order valence-corrected chi connectivity index (χ0v) is 17.3. The number of piperidine rings is 1. The lowest BCUT2D eigenvalue weighted by molar-refractivity contribution is 0.0631. The van der Waals surface area contributed by atoms with Crippen molar-refractivity contribution in [3.8, 4) is 0 Å². The third-order valence-electron chi connectivity index (χ3n) is 5.38. The highest BCUT2D eigenvalue weighted by Gasteiger charge is 2.31. The van der Waals surface area contributed by atoms with Gasteiger partial charge in [0, 0.05) is 31.6 Å². The van der Waals surface area contributed by atoms with Crippen molar-refractivity contribution in [3.63, 3.8) is 0 Å². The van der Waals surface area contributed by atoms with E-state index in [2.05, 4.69) is 18.8 Å². The quantitative estimate of drug-likeness (QED) is 0.696. The number of nitrogens with zero attached hydrogens (tertiary/aromatic N) is 2. The van der Waals surface area contributed by atoms with Crippen LogP contribution in [0.3, 0.4) is 0 Å². The summed E-state index contributed by atoms with van der Waals surface area (Å²) >= 11 is 0. The van der Waals surface area contributed by atoms with Gasteiger partial charge in [0.25, 0.3) is 5.91 Å². The Kier molecular flexibility index (Phi) is 6.62. The minimum Gasteiger partial charge on any atom is -0.427 e. The summed E-state index contributed by atoms with van der Waals surface area (Å²) < 4.78 is 5.42. The maximum atomic E-state index is 13.1. The van der Waals surface area contributed by atoms with Crippen LogP contribution in [0.15, 0.2) is 39.7 Å². The standard InChI is InChI=1S/C23H28N2O4/c1-15(2)9-10-18-13-16(3)20(23(28)29-18)22(27)25-12-6-7-17(14-25)21(26)19-8-4-5-11-24-19/h4-5,8,11,13,15,17H,6-7,9-10,12,14H2,1-3H3. The zero-order chi connectivity index (χ0) is 21.0. The first-order valence-electron chi connectivity index (χ1n) is 10.2. The number of aromatic nitrogens is 1. The van der Waals surface area contributed by atoms with Gasteiger partial charge in [-0.1, -0.05) is 19.9 Å². The summed E-state index contributed by atoms with van der Waals surface area (Å²) in [4.78, 5) is 44.1. The number of hydrogen-bond acceptors (Lipinski definition) is 5. The SMILES string of the molecule is Cc1cc(CCC(C)C)oc(=O)c1C(=O)N1CCCC(C(=O)c2ccccn2)C1. The van der Waals surface area contributed by atoms with Crippen LogP contribution in [-0.4, -0.2) is 34.7 Å². The van der Waals surface area contributed by atoms with E-state index in [9.17, 15) is 14.4 Å². The maximum Gasteiger partial charge on any atom is 0.349 e. The molecule has 0 bridgehead atoms. The van der Waals surface area contributed by atoms with Gasteiger partial charge >= 0.3 is 5.63 Å². The Balaban J connectivity index is 1.76. The molecule has 1 amide bonds. The van der Waals surface area contributed by atoms with E-state index in [1.807, 2.05) is 0 Å². The van der Waals surface area contributed by atoms with Crippen LogP contribution in [0.25, 0.3) is 0 Å². The van der Waals surface area contributed by atoms with Gasteiger partial charge in [-0.3, -0.25) is 14.6 Å². The van der Waals surface area contributed by atoms with Gasteiger partial charge in [-0.2, -0.15) is 0 Å². The Bertz CT molecular complexity index is 934. The fourth-order valence-electron chi connectivity index (χ4n) is 3.74. The predicted molar refractivity (Wildman–Crippen MR) is 110 cm³/mol. The van der Waals surface area contributed by atoms with Crippen molar-refractivity contribution in [1.29, 1.82) is 0 Å². The molecule has 3 heterocycles. The molecule has 29 heavy (non-hydrogen) atoms. The molecule has 154 valence electrons. The van der Waals surface area contributed by atoms with Gasteiger partial charge in [-0.05, 0) is 55.9 Å². The second kappa shape index (κ2) is 9.16. The van der Waals surface area contributed by atoms with Crippen LogP contribution in [0.4, 0.5) is 0 Å². The molecule has 0 saturated carbocycles. The molecule has 0 aromatic carbocycles. The number of rotatable bonds is 6. The molecule has 1 atom stereocenters. The maximum absolute atomic E-state index is 13.1. The lowest BCUT2D eigenvalue weighted by Crippen LogP contribution is -2.44. The molecule has 1 saturated heterocycles.